The van der Waals surface area contributed by atoms with Gasteiger partial charge in [-0.1, -0.05) is 0 Å². The van der Waals surface area contributed by atoms with E-state index in [1.54, 1.807) is 0 Å². The molecular formula is C17H27N3O2. The highest BCUT2D eigenvalue weighted by atomic mass is 16.5. The average Bonchev–Trinajstić information content (AvgIpc) is 2.95. The Morgan fingerprint density at radius 2 is 2.18 bits per heavy atom. The third kappa shape index (κ3) is 3.42. The van der Waals surface area contributed by atoms with E-state index in [0.29, 0.717) is 19.3 Å². The van der Waals surface area contributed by atoms with Gasteiger partial charge in [0.05, 0.1) is 5.60 Å². The van der Waals surface area contributed by atoms with Crippen LogP contribution in [0.3, 0.4) is 0 Å². The molecule has 0 bridgehead atoms. The number of β-amino-alcohol motifs (C(OH)–C–C–N with tert-alkyl or cyclic N) is 1. The van der Waals surface area contributed by atoms with Crippen LogP contribution < -0.4 is 4.90 Å². The Balaban J connectivity index is 1.74. The third-order valence-corrected chi connectivity index (χ3v) is 4.90. The fraction of sp³-hybridized carbons (Fsp3) is 0.706. The first kappa shape index (κ1) is 15.7. The molecule has 5 nitrogen and oxygen atoms in total. The third-order valence-electron chi connectivity index (χ3n) is 4.90. The van der Waals surface area contributed by atoms with E-state index in [-0.39, 0.29) is 0 Å². The summed E-state index contributed by atoms with van der Waals surface area (Å²) >= 11 is 0. The molecule has 0 amide bonds. The van der Waals surface area contributed by atoms with Crippen LogP contribution in [-0.2, 0) is 4.74 Å². The molecule has 122 valence electrons. The molecular weight excluding hydrogens is 278 g/mol. The van der Waals surface area contributed by atoms with Crippen LogP contribution >= 0.6 is 0 Å². The molecule has 1 N–H and O–H groups in total. The number of hydrogen-bond donors (Lipinski definition) is 1. The van der Waals surface area contributed by atoms with Crippen LogP contribution in [0, 0.1) is 0 Å². The molecule has 3 heterocycles. The van der Waals surface area contributed by atoms with Gasteiger partial charge in [0.2, 0.25) is 0 Å². The quantitative estimate of drug-likeness (QED) is 0.919. The Labute approximate surface area is 132 Å². The summed E-state index contributed by atoms with van der Waals surface area (Å²) in [4.78, 5) is 8.89. The van der Waals surface area contributed by atoms with Crippen molar-refractivity contribution in [1.29, 1.82) is 0 Å². The standard InChI is InChI=1S/C17H27N3O2/c1-19(2)16-12-14(5-8-18-16)15-4-3-9-20(15)13-17(21)6-10-22-11-7-17/h5,8,12,15,21H,3-4,6-7,9-11,13H2,1-2H3. The van der Waals surface area contributed by atoms with Crippen LogP contribution in [0.4, 0.5) is 5.82 Å². The van der Waals surface area contributed by atoms with E-state index in [0.717, 1.165) is 38.2 Å². The first-order valence-electron chi connectivity index (χ1n) is 8.25. The average molecular weight is 305 g/mol. The molecule has 1 unspecified atom stereocenters. The van der Waals surface area contributed by atoms with Crippen molar-refractivity contribution in [1.82, 2.24) is 9.88 Å². The van der Waals surface area contributed by atoms with Crippen molar-refractivity contribution in [2.45, 2.75) is 37.3 Å². The summed E-state index contributed by atoms with van der Waals surface area (Å²) in [5, 5.41) is 10.8. The van der Waals surface area contributed by atoms with Gasteiger partial charge in [0, 0.05) is 58.9 Å². The van der Waals surface area contributed by atoms with Crippen molar-refractivity contribution in [3.05, 3.63) is 23.9 Å². The van der Waals surface area contributed by atoms with Crippen LogP contribution in [-0.4, -0.2) is 61.0 Å². The lowest BCUT2D eigenvalue weighted by Gasteiger charge is -2.37. The maximum Gasteiger partial charge on any atom is 0.128 e. The molecule has 1 aromatic rings. The number of rotatable bonds is 4. The number of pyridine rings is 1. The van der Waals surface area contributed by atoms with Gasteiger partial charge in [-0.3, -0.25) is 4.90 Å². The maximum atomic E-state index is 10.8. The van der Waals surface area contributed by atoms with Gasteiger partial charge in [-0.25, -0.2) is 4.98 Å². The van der Waals surface area contributed by atoms with Crippen LogP contribution in [0.1, 0.15) is 37.3 Å². The summed E-state index contributed by atoms with van der Waals surface area (Å²) in [6, 6.07) is 4.69. The van der Waals surface area contributed by atoms with Crippen molar-refractivity contribution >= 4 is 5.82 Å². The van der Waals surface area contributed by atoms with Gasteiger partial charge in [0.1, 0.15) is 5.82 Å². The second-order valence-corrected chi connectivity index (χ2v) is 6.81. The summed E-state index contributed by atoms with van der Waals surface area (Å²) in [5.74, 6) is 0.995. The van der Waals surface area contributed by atoms with Crippen LogP contribution in [0.25, 0.3) is 0 Å². The molecule has 3 rings (SSSR count). The number of ether oxygens (including phenoxy) is 1. The number of anilines is 1. The van der Waals surface area contributed by atoms with Gasteiger partial charge < -0.3 is 14.7 Å². The molecule has 1 aromatic heterocycles. The van der Waals surface area contributed by atoms with E-state index in [4.69, 9.17) is 4.74 Å². The fourth-order valence-electron chi connectivity index (χ4n) is 3.57. The number of likely N-dealkylation sites (tertiary alicyclic amines) is 1. The molecule has 1 atom stereocenters. The lowest BCUT2D eigenvalue weighted by atomic mass is 9.93. The molecule has 2 aliphatic rings. The Kier molecular flexibility index (Phi) is 4.66. The molecule has 0 aliphatic carbocycles. The second kappa shape index (κ2) is 6.52. The van der Waals surface area contributed by atoms with E-state index < -0.39 is 5.60 Å². The molecule has 2 saturated heterocycles. The van der Waals surface area contributed by atoms with Gasteiger partial charge in [-0.15, -0.1) is 0 Å². The van der Waals surface area contributed by atoms with E-state index >= 15 is 0 Å². The molecule has 2 fully saturated rings. The zero-order valence-electron chi connectivity index (χ0n) is 13.7. The topological polar surface area (TPSA) is 48.8 Å². The van der Waals surface area contributed by atoms with E-state index in [1.165, 1.54) is 12.0 Å². The highest BCUT2D eigenvalue weighted by molar-refractivity contribution is 5.40. The molecule has 2 aliphatic heterocycles. The Bertz CT molecular complexity index is 500. The molecule has 0 aromatic carbocycles. The lowest BCUT2D eigenvalue weighted by molar-refractivity contribution is -0.0815. The van der Waals surface area contributed by atoms with Gasteiger partial charge in [0.15, 0.2) is 0 Å². The van der Waals surface area contributed by atoms with Gasteiger partial charge in [-0.05, 0) is 37.1 Å². The van der Waals surface area contributed by atoms with Gasteiger partial charge in [0.25, 0.3) is 0 Å². The monoisotopic (exact) mass is 305 g/mol. The van der Waals surface area contributed by atoms with Crippen molar-refractivity contribution < 1.29 is 9.84 Å². The van der Waals surface area contributed by atoms with Crippen molar-refractivity contribution in [3.8, 4) is 0 Å². The smallest absolute Gasteiger partial charge is 0.128 e. The zero-order valence-corrected chi connectivity index (χ0v) is 13.7. The number of hydrogen-bond acceptors (Lipinski definition) is 5. The number of aromatic nitrogens is 1. The first-order chi connectivity index (χ1) is 10.6. The minimum atomic E-state index is -0.585. The van der Waals surface area contributed by atoms with Crippen molar-refractivity contribution in [3.63, 3.8) is 0 Å². The fourth-order valence-corrected chi connectivity index (χ4v) is 3.57. The Hall–Kier alpha value is -1.17. The summed E-state index contributed by atoms with van der Waals surface area (Å²) in [7, 11) is 4.03. The van der Waals surface area contributed by atoms with Crippen molar-refractivity contribution in [2.24, 2.45) is 0 Å². The van der Waals surface area contributed by atoms with Crippen molar-refractivity contribution in [2.75, 3.05) is 45.3 Å². The first-order valence-corrected chi connectivity index (χ1v) is 8.25. The lowest BCUT2D eigenvalue weighted by Crippen LogP contribution is -2.46. The summed E-state index contributed by atoms with van der Waals surface area (Å²) in [6.45, 7) is 3.16. The second-order valence-electron chi connectivity index (χ2n) is 6.81. The van der Waals surface area contributed by atoms with Gasteiger partial charge in [-0.2, -0.15) is 0 Å². The highest BCUT2D eigenvalue weighted by Crippen LogP contribution is 2.35. The SMILES string of the molecule is CN(C)c1cc(C2CCCN2CC2(O)CCOCC2)ccn1. The zero-order chi connectivity index (χ0) is 15.6. The van der Waals surface area contributed by atoms with E-state index in [9.17, 15) is 5.11 Å². The minimum absolute atomic E-state index is 0.397. The van der Waals surface area contributed by atoms with Crippen LogP contribution in [0.2, 0.25) is 0 Å². The predicted molar refractivity (Wildman–Crippen MR) is 87.1 cm³/mol. The number of aliphatic hydroxyl groups is 1. The summed E-state index contributed by atoms with van der Waals surface area (Å²) in [6.07, 6.45) is 5.73. The summed E-state index contributed by atoms with van der Waals surface area (Å²) in [5.41, 5.74) is 0.727. The Morgan fingerprint density at radius 3 is 2.91 bits per heavy atom. The number of nitrogens with zero attached hydrogens (tertiary/aromatic N) is 3. The van der Waals surface area contributed by atoms with Crippen LogP contribution in [0.5, 0.6) is 0 Å². The van der Waals surface area contributed by atoms with Gasteiger partial charge >= 0.3 is 0 Å². The predicted octanol–water partition coefficient (Wildman–Crippen LogP) is 1.83. The molecule has 5 heteroatoms. The molecule has 0 spiro atoms. The summed E-state index contributed by atoms with van der Waals surface area (Å²) < 4.78 is 5.39. The van der Waals surface area contributed by atoms with E-state index in [2.05, 4.69) is 22.0 Å². The maximum absolute atomic E-state index is 10.8. The normalized spacial score (nSPS) is 25.3. The highest BCUT2D eigenvalue weighted by Gasteiger charge is 2.36. The Morgan fingerprint density at radius 1 is 1.41 bits per heavy atom. The van der Waals surface area contributed by atoms with Crippen LogP contribution in [0.15, 0.2) is 18.3 Å². The molecule has 22 heavy (non-hydrogen) atoms. The molecule has 0 saturated carbocycles. The van der Waals surface area contributed by atoms with E-state index in [1.807, 2.05) is 25.2 Å². The molecule has 0 radical (unpaired) electrons. The minimum Gasteiger partial charge on any atom is -0.388 e. The largest absolute Gasteiger partial charge is 0.388 e.